The number of pyridine rings is 1. The van der Waals surface area contributed by atoms with E-state index >= 15 is 0 Å². The van der Waals surface area contributed by atoms with Gasteiger partial charge < -0.3 is 20.9 Å². The zero-order chi connectivity index (χ0) is 13.8. The molecule has 0 bridgehead atoms. The number of fused-ring (bicyclic) bond motifs is 1. The van der Waals surface area contributed by atoms with Crippen molar-refractivity contribution < 1.29 is 14.6 Å². The number of nitrogens with zero attached hydrogens (tertiary/aromatic N) is 1. The molecule has 0 saturated carbocycles. The van der Waals surface area contributed by atoms with Crippen LogP contribution in [-0.2, 0) is 0 Å². The van der Waals surface area contributed by atoms with E-state index in [1.54, 1.807) is 25.3 Å². The van der Waals surface area contributed by atoms with Crippen molar-refractivity contribution in [1.82, 2.24) is 10.3 Å². The Bertz CT molecular complexity index is 613. The van der Waals surface area contributed by atoms with E-state index in [4.69, 9.17) is 15.6 Å². The largest absolute Gasteiger partial charge is 0.496 e. The molecule has 1 heterocycles. The van der Waals surface area contributed by atoms with Crippen molar-refractivity contribution in [2.45, 2.75) is 0 Å². The number of aromatic nitrogens is 1. The lowest BCUT2D eigenvalue weighted by atomic mass is 10.1. The Labute approximate surface area is 110 Å². The number of hydrogen-bond donors (Lipinski definition) is 3. The summed E-state index contributed by atoms with van der Waals surface area (Å²) in [5, 5.41) is 12.6. The fourth-order valence-corrected chi connectivity index (χ4v) is 1.90. The van der Waals surface area contributed by atoms with Crippen LogP contribution in [0, 0.1) is 0 Å². The molecule has 2 aromatic rings. The standard InChI is InChI=1S/C13H15N3O3/c1-19-10-3-2-9(14)11-8(10)4-5-15-12(11)13(18)16-6-7-17/h2-5,17H,6-7,14H2,1H3,(H,16,18). The van der Waals surface area contributed by atoms with E-state index in [-0.39, 0.29) is 24.8 Å². The van der Waals surface area contributed by atoms with Crippen LogP contribution in [0.1, 0.15) is 10.5 Å². The van der Waals surface area contributed by atoms with Gasteiger partial charge in [0.1, 0.15) is 11.4 Å². The lowest BCUT2D eigenvalue weighted by Gasteiger charge is -2.11. The number of benzene rings is 1. The fourth-order valence-electron chi connectivity index (χ4n) is 1.90. The Hall–Kier alpha value is -2.34. The SMILES string of the molecule is COc1ccc(N)c2c(C(=O)NCCO)nccc12. The summed E-state index contributed by atoms with van der Waals surface area (Å²) >= 11 is 0. The number of aliphatic hydroxyl groups is 1. The Morgan fingerprint density at radius 1 is 1.47 bits per heavy atom. The van der Waals surface area contributed by atoms with Gasteiger partial charge in [-0.15, -0.1) is 0 Å². The number of aliphatic hydroxyl groups excluding tert-OH is 1. The lowest BCUT2D eigenvalue weighted by molar-refractivity contribution is 0.0941. The van der Waals surface area contributed by atoms with Crippen LogP contribution in [0.4, 0.5) is 5.69 Å². The summed E-state index contributed by atoms with van der Waals surface area (Å²) in [5.41, 5.74) is 6.60. The monoisotopic (exact) mass is 261 g/mol. The first-order chi connectivity index (χ1) is 9.19. The van der Waals surface area contributed by atoms with E-state index in [9.17, 15) is 4.79 Å². The van der Waals surface area contributed by atoms with Gasteiger partial charge in [-0.05, 0) is 18.2 Å². The number of methoxy groups -OCH3 is 1. The molecule has 0 unspecified atom stereocenters. The van der Waals surface area contributed by atoms with E-state index in [1.165, 1.54) is 6.20 Å². The first-order valence-corrected chi connectivity index (χ1v) is 5.79. The number of anilines is 1. The van der Waals surface area contributed by atoms with Gasteiger partial charge in [-0.1, -0.05) is 0 Å². The summed E-state index contributed by atoms with van der Waals surface area (Å²) in [5.74, 6) is 0.252. The maximum Gasteiger partial charge on any atom is 0.270 e. The van der Waals surface area contributed by atoms with Gasteiger partial charge in [-0.25, -0.2) is 0 Å². The number of carbonyl (C=O) groups is 1. The van der Waals surface area contributed by atoms with Crippen molar-refractivity contribution >= 4 is 22.4 Å². The molecule has 6 heteroatoms. The van der Waals surface area contributed by atoms with Crippen LogP contribution in [0.25, 0.3) is 10.8 Å². The normalized spacial score (nSPS) is 10.4. The van der Waals surface area contributed by atoms with Crippen LogP contribution >= 0.6 is 0 Å². The molecule has 0 saturated heterocycles. The number of amides is 1. The molecule has 2 rings (SSSR count). The summed E-state index contributed by atoms with van der Waals surface area (Å²) in [6, 6.07) is 5.16. The Balaban J connectivity index is 2.59. The van der Waals surface area contributed by atoms with Gasteiger partial charge in [0.25, 0.3) is 5.91 Å². The number of nitrogens with two attached hydrogens (primary N) is 1. The summed E-state index contributed by atoms with van der Waals surface area (Å²) in [6.07, 6.45) is 1.53. The van der Waals surface area contributed by atoms with Crippen LogP contribution in [0.15, 0.2) is 24.4 Å². The molecule has 0 atom stereocenters. The molecule has 0 spiro atoms. The molecule has 100 valence electrons. The fraction of sp³-hybridized carbons (Fsp3) is 0.231. The Morgan fingerprint density at radius 2 is 2.26 bits per heavy atom. The predicted octanol–water partition coefficient (Wildman–Crippen LogP) is 0.548. The van der Waals surface area contributed by atoms with Crippen LogP contribution in [0.5, 0.6) is 5.75 Å². The molecular formula is C13H15N3O3. The molecule has 0 aliphatic rings. The minimum absolute atomic E-state index is 0.130. The third-order valence-corrected chi connectivity index (χ3v) is 2.75. The van der Waals surface area contributed by atoms with Crippen molar-refractivity contribution in [2.75, 3.05) is 26.0 Å². The molecule has 1 aromatic heterocycles. The van der Waals surface area contributed by atoms with Crippen LogP contribution in [0.3, 0.4) is 0 Å². The average Bonchev–Trinajstić information content (AvgIpc) is 2.44. The average molecular weight is 261 g/mol. The van der Waals surface area contributed by atoms with Gasteiger partial charge in [0.05, 0.1) is 13.7 Å². The number of carbonyl (C=O) groups excluding carboxylic acids is 1. The van der Waals surface area contributed by atoms with Gasteiger partial charge in [0.2, 0.25) is 0 Å². The molecule has 0 aliphatic carbocycles. The quantitative estimate of drug-likeness (QED) is 0.698. The van der Waals surface area contributed by atoms with Gasteiger partial charge in [-0.2, -0.15) is 0 Å². The van der Waals surface area contributed by atoms with Gasteiger partial charge in [0.15, 0.2) is 0 Å². The van der Waals surface area contributed by atoms with E-state index in [1.807, 2.05) is 0 Å². The minimum Gasteiger partial charge on any atom is -0.496 e. The first kappa shape index (κ1) is 13.1. The number of nitrogen functional groups attached to an aromatic ring is 1. The second kappa shape index (κ2) is 5.53. The van der Waals surface area contributed by atoms with Crippen LogP contribution in [-0.4, -0.2) is 36.3 Å². The summed E-state index contributed by atoms with van der Waals surface area (Å²) in [7, 11) is 1.55. The molecule has 1 amide bonds. The van der Waals surface area contributed by atoms with Gasteiger partial charge >= 0.3 is 0 Å². The third kappa shape index (κ3) is 2.43. The van der Waals surface area contributed by atoms with E-state index < -0.39 is 0 Å². The van der Waals surface area contributed by atoms with Crippen LogP contribution in [0.2, 0.25) is 0 Å². The molecule has 0 radical (unpaired) electrons. The van der Waals surface area contributed by atoms with Crippen molar-refractivity contribution in [1.29, 1.82) is 0 Å². The van der Waals surface area contributed by atoms with Crippen molar-refractivity contribution in [3.63, 3.8) is 0 Å². The highest BCUT2D eigenvalue weighted by atomic mass is 16.5. The van der Waals surface area contributed by atoms with Crippen molar-refractivity contribution in [3.8, 4) is 5.75 Å². The maximum atomic E-state index is 12.0. The highest BCUT2D eigenvalue weighted by Gasteiger charge is 2.15. The number of nitrogens with one attached hydrogen (secondary N) is 1. The van der Waals surface area contributed by atoms with Crippen LogP contribution < -0.4 is 15.8 Å². The topological polar surface area (TPSA) is 97.5 Å². The number of ether oxygens (including phenoxy) is 1. The number of hydrogen-bond acceptors (Lipinski definition) is 5. The zero-order valence-corrected chi connectivity index (χ0v) is 10.5. The van der Waals surface area contributed by atoms with Gasteiger partial charge in [0, 0.05) is 29.2 Å². The highest BCUT2D eigenvalue weighted by molar-refractivity contribution is 6.11. The van der Waals surface area contributed by atoms with Crippen molar-refractivity contribution in [2.24, 2.45) is 0 Å². The van der Waals surface area contributed by atoms with E-state index in [0.717, 1.165) is 5.39 Å². The summed E-state index contributed by atoms with van der Waals surface area (Å²) in [4.78, 5) is 16.1. The lowest BCUT2D eigenvalue weighted by Crippen LogP contribution is -2.27. The van der Waals surface area contributed by atoms with E-state index in [2.05, 4.69) is 10.3 Å². The highest BCUT2D eigenvalue weighted by Crippen LogP contribution is 2.31. The second-order valence-electron chi connectivity index (χ2n) is 3.92. The predicted molar refractivity (Wildman–Crippen MR) is 72.1 cm³/mol. The zero-order valence-electron chi connectivity index (χ0n) is 10.5. The number of rotatable bonds is 4. The Kier molecular flexibility index (Phi) is 3.82. The summed E-state index contributed by atoms with van der Waals surface area (Å²) in [6.45, 7) is 0.0378. The molecule has 0 aliphatic heterocycles. The third-order valence-electron chi connectivity index (χ3n) is 2.75. The molecule has 1 aromatic carbocycles. The van der Waals surface area contributed by atoms with Gasteiger partial charge in [-0.3, -0.25) is 9.78 Å². The van der Waals surface area contributed by atoms with Crippen molar-refractivity contribution in [3.05, 3.63) is 30.1 Å². The summed E-state index contributed by atoms with van der Waals surface area (Å²) < 4.78 is 5.24. The van der Waals surface area contributed by atoms with E-state index in [0.29, 0.717) is 16.8 Å². The molecular weight excluding hydrogens is 246 g/mol. The smallest absolute Gasteiger partial charge is 0.270 e. The maximum absolute atomic E-state index is 12.0. The molecule has 6 nitrogen and oxygen atoms in total. The molecule has 0 fully saturated rings. The second-order valence-corrected chi connectivity index (χ2v) is 3.92. The molecule has 4 N–H and O–H groups in total. The minimum atomic E-state index is -0.375. The Morgan fingerprint density at radius 3 is 2.95 bits per heavy atom. The molecule has 19 heavy (non-hydrogen) atoms. The first-order valence-electron chi connectivity index (χ1n) is 5.79.